The summed E-state index contributed by atoms with van der Waals surface area (Å²) in [5.74, 6) is -3.54. The number of nitro benzene ring substituents is 1. The van der Waals surface area contributed by atoms with Gasteiger partial charge in [0.15, 0.2) is 0 Å². The second kappa shape index (κ2) is 6.09. The Morgan fingerprint density at radius 2 is 2.10 bits per heavy atom. The van der Waals surface area contributed by atoms with Crippen molar-refractivity contribution in [3.8, 4) is 0 Å². The molecule has 7 nitrogen and oxygen atoms in total. The molecule has 1 unspecified atom stereocenters. The average Bonchev–Trinajstić information content (AvgIpc) is 2.36. The van der Waals surface area contributed by atoms with Crippen LogP contribution < -0.4 is 0 Å². The van der Waals surface area contributed by atoms with E-state index < -0.39 is 34.2 Å². The van der Waals surface area contributed by atoms with Crippen LogP contribution in [0.4, 0.5) is 10.1 Å². The summed E-state index contributed by atoms with van der Waals surface area (Å²) in [5, 5.41) is 19.2. The van der Waals surface area contributed by atoms with E-state index >= 15 is 0 Å². The van der Waals surface area contributed by atoms with Crippen molar-refractivity contribution in [3.05, 3.63) is 39.7 Å². The van der Waals surface area contributed by atoms with Gasteiger partial charge in [-0.05, 0) is 12.1 Å². The molecule has 0 spiro atoms. The van der Waals surface area contributed by atoms with E-state index in [9.17, 15) is 24.1 Å². The molecule has 8 heteroatoms. The summed E-state index contributed by atoms with van der Waals surface area (Å²) in [5.41, 5.74) is -0.795. The van der Waals surface area contributed by atoms with Gasteiger partial charge in [-0.3, -0.25) is 19.7 Å². The molecule has 0 radical (unpaired) electrons. The minimum Gasteiger partial charge on any atom is -0.481 e. The van der Waals surface area contributed by atoms with Crippen molar-refractivity contribution >= 4 is 17.6 Å². The molecule has 1 rings (SSSR count). The van der Waals surface area contributed by atoms with Crippen molar-refractivity contribution in [2.75, 3.05) is 13.6 Å². The first-order valence-corrected chi connectivity index (χ1v) is 5.66. The SMILES string of the molecule is CC(CN(C)C(=O)c1ccc([N+](=O)[O-])c(F)c1)C(=O)O. The predicted octanol–water partition coefficient (Wildman–Crippen LogP) is 1.53. The van der Waals surface area contributed by atoms with E-state index in [2.05, 4.69) is 0 Å². The summed E-state index contributed by atoms with van der Waals surface area (Å²) in [4.78, 5) is 33.3. The van der Waals surface area contributed by atoms with Crippen LogP contribution in [-0.2, 0) is 4.79 Å². The average molecular weight is 284 g/mol. The zero-order valence-corrected chi connectivity index (χ0v) is 10.9. The third-order valence-corrected chi connectivity index (χ3v) is 2.71. The molecule has 0 aliphatic rings. The summed E-state index contributed by atoms with van der Waals surface area (Å²) >= 11 is 0. The molecule has 0 aliphatic carbocycles. The monoisotopic (exact) mass is 284 g/mol. The van der Waals surface area contributed by atoms with Gasteiger partial charge in [0.05, 0.1) is 10.8 Å². The predicted molar refractivity (Wildman–Crippen MR) is 66.8 cm³/mol. The molecule has 20 heavy (non-hydrogen) atoms. The lowest BCUT2D eigenvalue weighted by atomic mass is 10.1. The number of carboxylic acid groups (broad SMARTS) is 1. The topological polar surface area (TPSA) is 101 Å². The fourth-order valence-corrected chi connectivity index (χ4v) is 1.58. The molecule has 0 bridgehead atoms. The highest BCUT2D eigenvalue weighted by Gasteiger charge is 2.21. The van der Waals surface area contributed by atoms with E-state index in [1.807, 2.05) is 0 Å². The molecular formula is C12H13FN2O5. The highest BCUT2D eigenvalue weighted by Crippen LogP contribution is 2.19. The number of benzene rings is 1. The number of carbonyl (C=O) groups excluding carboxylic acids is 1. The second-order valence-electron chi connectivity index (χ2n) is 4.35. The number of nitro groups is 1. The lowest BCUT2D eigenvalue weighted by Crippen LogP contribution is -2.33. The standard InChI is InChI=1S/C12H13FN2O5/c1-7(12(17)18)6-14(2)11(16)8-3-4-10(15(19)20)9(13)5-8/h3-5,7H,6H2,1-2H3,(H,17,18). The molecule has 1 atom stereocenters. The van der Waals surface area contributed by atoms with Crippen LogP contribution in [0, 0.1) is 21.8 Å². The Kier molecular flexibility index (Phi) is 4.73. The molecule has 0 heterocycles. The number of nitrogens with zero attached hydrogens (tertiary/aromatic N) is 2. The smallest absolute Gasteiger partial charge is 0.308 e. The van der Waals surface area contributed by atoms with E-state index in [0.29, 0.717) is 0 Å². The quantitative estimate of drug-likeness (QED) is 0.652. The number of rotatable bonds is 5. The first-order chi connectivity index (χ1) is 9.23. The normalized spacial score (nSPS) is 11.8. The van der Waals surface area contributed by atoms with Crippen LogP contribution in [0.25, 0.3) is 0 Å². The fraction of sp³-hybridized carbons (Fsp3) is 0.333. The van der Waals surface area contributed by atoms with Crippen LogP contribution >= 0.6 is 0 Å². The number of carbonyl (C=O) groups is 2. The molecule has 108 valence electrons. The molecule has 1 N–H and O–H groups in total. The maximum Gasteiger partial charge on any atom is 0.308 e. The fourth-order valence-electron chi connectivity index (χ4n) is 1.58. The summed E-state index contributed by atoms with van der Waals surface area (Å²) in [6.45, 7) is 1.38. The van der Waals surface area contributed by atoms with Gasteiger partial charge < -0.3 is 10.0 Å². The first-order valence-electron chi connectivity index (χ1n) is 5.66. The molecule has 1 amide bonds. The lowest BCUT2D eigenvalue weighted by molar-refractivity contribution is -0.387. The minimum absolute atomic E-state index is 0.0488. The molecule has 0 saturated carbocycles. The lowest BCUT2D eigenvalue weighted by Gasteiger charge is -2.19. The molecule has 1 aromatic carbocycles. The van der Waals surface area contributed by atoms with Gasteiger partial charge in [0.2, 0.25) is 5.82 Å². The van der Waals surface area contributed by atoms with Crippen molar-refractivity contribution < 1.29 is 24.0 Å². The van der Waals surface area contributed by atoms with Gasteiger partial charge in [0.25, 0.3) is 5.91 Å². The van der Waals surface area contributed by atoms with Gasteiger partial charge >= 0.3 is 11.7 Å². The Bertz CT molecular complexity index is 561. The van der Waals surface area contributed by atoms with Crippen molar-refractivity contribution in [2.24, 2.45) is 5.92 Å². The van der Waals surface area contributed by atoms with E-state index in [1.54, 1.807) is 0 Å². The van der Waals surface area contributed by atoms with Gasteiger partial charge in [-0.15, -0.1) is 0 Å². The van der Waals surface area contributed by atoms with E-state index in [0.717, 1.165) is 23.1 Å². The third kappa shape index (κ3) is 3.50. The highest BCUT2D eigenvalue weighted by molar-refractivity contribution is 5.94. The molecule has 1 aromatic rings. The minimum atomic E-state index is -1.11. The second-order valence-corrected chi connectivity index (χ2v) is 4.35. The molecule has 0 aromatic heterocycles. The van der Waals surface area contributed by atoms with Crippen LogP contribution in [0.1, 0.15) is 17.3 Å². The van der Waals surface area contributed by atoms with Crippen LogP contribution in [0.15, 0.2) is 18.2 Å². The van der Waals surface area contributed by atoms with Gasteiger partial charge in [-0.2, -0.15) is 4.39 Å². The number of aliphatic carboxylic acids is 1. The summed E-state index contributed by atoms with van der Waals surface area (Å²) < 4.78 is 13.4. The number of hydrogen-bond donors (Lipinski definition) is 1. The van der Waals surface area contributed by atoms with E-state index in [-0.39, 0.29) is 12.1 Å². The maximum atomic E-state index is 13.4. The van der Waals surface area contributed by atoms with Gasteiger partial charge in [-0.1, -0.05) is 6.92 Å². The first kappa shape index (κ1) is 15.5. The Labute approximate surface area is 113 Å². The Morgan fingerprint density at radius 1 is 1.50 bits per heavy atom. The van der Waals surface area contributed by atoms with E-state index in [4.69, 9.17) is 5.11 Å². The molecule has 0 saturated heterocycles. The number of carboxylic acids is 1. The molecule has 0 fully saturated rings. The van der Waals surface area contributed by atoms with Crippen LogP contribution in [0.2, 0.25) is 0 Å². The Hall–Kier alpha value is -2.51. The van der Waals surface area contributed by atoms with Crippen LogP contribution in [-0.4, -0.2) is 40.4 Å². The zero-order chi connectivity index (χ0) is 15.4. The summed E-state index contributed by atoms with van der Waals surface area (Å²) in [6.07, 6.45) is 0. The largest absolute Gasteiger partial charge is 0.481 e. The van der Waals surface area contributed by atoms with Crippen LogP contribution in [0.5, 0.6) is 0 Å². The van der Waals surface area contributed by atoms with Crippen molar-refractivity contribution in [2.45, 2.75) is 6.92 Å². The summed E-state index contributed by atoms with van der Waals surface area (Å²) in [6, 6.07) is 2.80. The van der Waals surface area contributed by atoms with Crippen molar-refractivity contribution in [1.29, 1.82) is 0 Å². The van der Waals surface area contributed by atoms with Crippen LogP contribution in [0.3, 0.4) is 0 Å². The van der Waals surface area contributed by atoms with Gasteiger partial charge in [0, 0.05) is 25.2 Å². The number of amides is 1. The highest BCUT2D eigenvalue weighted by atomic mass is 19.1. The van der Waals surface area contributed by atoms with Crippen molar-refractivity contribution in [3.63, 3.8) is 0 Å². The third-order valence-electron chi connectivity index (χ3n) is 2.71. The Balaban J connectivity index is 2.90. The van der Waals surface area contributed by atoms with E-state index in [1.165, 1.54) is 14.0 Å². The maximum absolute atomic E-state index is 13.4. The number of hydrogen-bond acceptors (Lipinski definition) is 4. The van der Waals surface area contributed by atoms with Gasteiger partial charge in [-0.25, -0.2) is 0 Å². The molecule has 0 aliphatic heterocycles. The number of halogens is 1. The van der Waals surface area contributed by atoms with Gasteiger partial charge in [0.1, 0.15) is 0 Å². The Morgan fingerprint density at radius 3 is 2.55 bits per heavy atom. The van der Waals surface area contributed by atoms with Crippen molar-refractivity contribution in [1.82, 2.24) is 4.90 Å². The zero-order valence-electron chi connectivity index (χ0n) is 10.9. The molecular weight excluding hydrogens is 271 g/mol. The summed E-state index contributed by atoms with van der Waals surface area (Å²) in [7, 11) is 1.38.